The molecule has 5 nitrogen and oxygen atoms in total. The predicted octanol–water partition coefficient (Wildman–Crippen LogP) is 2.18. The Morgan fingerprint density at radius 1 is 1.33 bits per heavy atom. The van der Waals surface area contributed by atoms with Gasteiger partial charge in [0.1, 0.15) is 0 Å². The quantitative estimate of drug-likeness (QED) is 0.870. The van der Waals surface area contributed by atoms with Gasteiger partial charge in [-0.1, -0.05) is 0 Å². The number of aromatic nitrogens is 1. The summed E-state index contributed by atoms with van der Waals surface area (Å²) in [5.41, 5.74) is 0.108. The lowest BCUT2D eigenvalue weighted by atomic mass is 9.96. The third-order valence-corrected chi connectivity index (χ3v) is 3.73. The van der Waals surface area contributed by atoms with Gasteiger partial charge in [-0.25, -0.2) is 0 Å². The van der Waals surface area contributed by atoms with Crippen LogP contribution in [0, 0.1) is 11.8 Å². The van der Waals surface area contributed by atoms with Crippen LogP contribution in [-0.4, -0.2) is 46.1 Å². The molecule has 0 spiro atoms. The molecule has 1 saturated heterocycles. The Morgan fingerprint density at radius 2 is 2.00 bits per heavy atom. The number of hydrogen-bond acceptors (Lipinski definition) is 3. The van der Waals surface area contributed by atoms with E-state index in [1.165, 1.54) is 18.5 Å². The molecule has 2 atom stereocenters. The van der Waals surface area contributed by atoms with Crippen molar-refractivity contribution in [3.63, 3.8) is 0 Å². The highest BCUT2D eigenvalue weighted by Gasteiger charge is 2.53. The molecule has 0 aromatic carbocycles. The minimum absolute atomic E-state index is 0.108. The van der Waals surface area contributed by atoms with Crippen LogP contribution in [0.25, 0.3) is 0 Å². The fraction of sp³-hybridized carbons (Fsp3) is 0.417. The summed E-state index contributed by atoms with van der Waals surface area (Å²) < 4.78 is 39.1. The van der Waals surface area contributed by atoms with Crippen LogP contribution >= 0.6 is 15.9 Å². The Bertz CT molecular complexity index is 579. The maximum Gasteiger partial charge on any atom is 0.394 e. The molecule has 9 heteroatoms. The number of aliphatic carboxylic acids is 1. The molecule has 2 rings (SSSR count). The third kappa shape index (κ3) is 3.34. The number of pyridine rings is 1. The average molecular weight is 367 g/mol. The Balaban J connectivity index is 2.23. The lowest BCUT2D eigenvalue weighted by Crippen LogP contribution is -2.34. The van der Waals surface area contributed by atoms with Gasteiger partial charge in [-0.05, 0) is 22.0 Å². The first-order valence-corrected chi connectivity index (χ1v) is 6.69. The van der Waals surface area contributed by atoms with E-state index in [-0.39, 0.29) is 5.56 Å². The first-order valence-electron chi connectivity index (χ1n) is 5.89. The van der Waals surface area contributed by atoms with Crippen molar-refractivity contribution in [3.05, 3.63) is 28.5 Å². The van der Waals surface area contributed by atoms with Crippen molar-refractivity contribution in [3.8, 4) is 0 Å². The van der Waals surface area contributed by atoms with E-state index in [1.54, 1.807) is 0 Å². The summed E-state index contributed by atoms with van der Waals surface area (Å²) in [6.07, 6.45) is -2.00. The number of carbonyl (C=O) groups excluding carboxylic acids is 1. The van der Waals surface area contributed by atoms with Gasteiger partial charge in [-0.2, -0.15) is 13.2 Å². The van der Waals surface area contributed by atoms with Gasteiger partial charge in [-0.15, -0.1) is 0 Å². The Kier molecular flexibility index (Phi) is 4.22. The van der Waals surface area contributed by atoms with E-state index >= 15 is 0 Å². The van der Waals surface area contributed by atoms with Crippen molar-refractivity contribution in [2.45, 2.75) is 6.18 Å². The number of amides is 1. The summed E-state index contributed by atoms with van der Waals surface area (Å²) >= 11 is 3.11. The predicted molar refractivity (Wildman–Crippen MR) is 68.5 cm³/mol. The Morgan fingerprint density at radius 3 is 2.48 bits per heavy atom. The number of hydrogen-bond donors (Lipinski definition) is 1. The molecule has 1 N–H and O–H groups in total. The van der Waals surface area contributed by atoms with Crippen LogP contribution in [0.1, 0.15) is 10.4 Å². The van der Waals surface area contributed by atoms with Crippen LogP contribution in [-0.2, 0) is 4.79 Å². The second kappa shape index (κ2) is 5.63. The average Bonchev–Trinajstić information content (AvgIpc) is 2.83. The summed E-state index contributed by atoms with van der Waals surface area (Å²) in [7, 11) is 0. The van der Waals surface area contributed by atoms with Crippen LogP contribution < -0.4 is 0 Å². The molecule has 21 heavy (non-hydrogen) atoms. The minimum Gasteiger partial charge on any atom is -0.481 e. The van der Waals surface area contributed by atoms with Crippen molar-refractivity contribution >= 4 is 27.8 Å². The normalized spacial score (nSPS) is 22.4. The smallest absolute Gasteiger partial charge is 0.394 e. The van der Waals surface area contributed by atoms with Crippen LogP contribution in [0.2, 0.25) is 0 Å². The highest BCUT2D eigenvalue weighted by atomic mass is 79.9. The first kappa shape index (κ1) is 15.7. The molecule has 1 amide bonds. The van der Waals surface area contributed by atoms with Gasteiger partial charge in [0.05, 0.1) is 17.4 Å². The summed E-state index contributed by atoms with van der Waals surface area (Å²) in [5, 5.41) is 8.90. The molecule has 0 aliphatic carbocycles. The lowest BCUT2D eigenvalue weighted by molar-refractivity contribution is -0.187. The number of carboxylic acid groups (broad SMARTS) is 1. The molecule has 0 radical (unpaired) electrons. The van der Waals surface area contributed by atoms with E-state index in [0.717, 1.165) is 4.90 Å². The monoisotopic (exact) mass is 366 g/mol. The number of nitrogens with zero attached hydrogens (tertiary/aromatic N) is 2. The van der Waals surface area contributed by atoms with Gasteiger partial charge >= 0.3 is 12.1 Å². The second-order valence-corrected chi connectivity index (χ2v) is 5.61. The minimum atomic E-state index is -4.66. The fourth-order valence-electron chi connectivity index (χ4n) is 2.26. The molecule has 1 aliphatic rings. The zero-order valence-electron chi connectivity index (χ0n) is 10.5. The van der Waals surface area contributed by atoms with Crippen LogP contribution in [0.4, 0.5) is 13.2 Å². The van der Waals surface area contributed by atoms with Crippen molar-refractivity contribution in [2.24, 2.45) is 11.8 Å². The summed E-state index contributed by atoms with van der Waals surface area (Å²) in [6, 6.07) is 1.42. The molecule has 2 heterocycles. The van der Waals surface area contributed by atoms with E-state index in [4.69, 9.17) is 5.11 Å². The van der Waals surface area contributed by atoms with E-state index in [2.05, 4.69) is 20.9 Å². The van der Waals surface area contributed by atoms with E-state index in [0.29, 0.717) is 4.47 Å². The van der Waals surface area contributed by atoms with Crippen LogP contribution in [0.5, 0.6) is 0 Å². The Hall–Kier alpha value is -1.64. The summed E-state index contributed by atoms with van der Waals surface area (Å²) in [5.74, 6) is -5.92. The van der Waals surface area contributed by atoms with Crippen molar-refractivity contribution in [2.75, 3.05) is 13.1 Å². The number of rotatable bonds is 2. The number of likely N-dealkylation sites (tertiary alicyclic amines) is 1. The zero-order valence-corrected chi connectivity index (χ0v) is 12.1. The molecule has 114 valence electrons. The highest BCUT2D eigenvalue weighted by Crippen LogP contribution is 2.38. The van der Waals surface area contributed by atoms with Gasteiger partial charge in [0, 0.05) is 30.0 Å². The maximum atomic E-state index is 12.9. The van der Waals surface area contributed by atoms with Gasteiger partial charge in [-0.3, -0.25) is 14.6 Å². The van der Waals surface area contributed by atoms with Crippen molar-refractivity contribution in [1.82, 2.24) is 9.88 Å². The Labute approximate surface area is 125 Å². The fourth-order valence-corrected chi connectivity index (χ4v) is 2.63. The number of alkyl halides is 3. The molecule has 1 aromatic heterocycles. The SMILES string of the molecule is O=C(O)[C@@H]1CN(C(=O)c2cncc(Br)c2)C[C@H]1C(F)(F)F. The van der Waals surface area contributed by atoms with Gasteiger partial charge in [0.2, 0.25) is 0 Å². The molecule has 1 fully saturated rings. The van der Waals surface area contributed by atoms with E-state index in [1.807, 2.05) is 0 Å². The molecule has 0 bridgehead atoms. The third-order valence-electron chi connectivity index (χ3n) is 3.30. The van der Waals surface area contributed by atoms with Crippen LogP contribution in [0.3, 0.4) is 0 Å². The first-order chi connectivity index (χ1) is 9.70. The van der Waals surface area contributed by atoms with Crippen molar-refractivity contribution < 1.29 is 27.9 Å². The maximum absolute atomic E-state index is 12.9. The van der Waals surface area contributed by atoms with E-state index < -0.39 is 43.0 Å². The summed E-state index contributed by atoms with van der Waals surface area (Å²) in [6.45, 7) is -1.13. The van der Waals surface area contributed by atoms with Gasteiger partial charge < -0.3 is 10.0 Å². The number of halogens is 4. The lowest BCUT2D eigenvalue weighted by Gasteiger charge is -2.18. The van der Waals surface area contributed by atoms with E-state index in [9.17, 15) is 22.8 Å². The van der Waals surface area contributed by atoms with Crippen molar-refractivity contribution in [1.29, 1.82) is 0 Å². The molecular weight excluding hydrogens is 357 g/mol. The molecule has 0 unspecified atom stereocenters. The standard InChI is InChI=1S/C12H10BrF3N2O3/c13-7-1-6(2-17-3-7)10(19)18-4-8(11(20)21)9(5-18)12(14,15)16/h1-3,8-9H,4-5H2,(H,20,21)/t8-,9-/m1/s1. The van der Waals surface area contributed by atoms with Gasteiger partial charge in [0.15, 0.2) is 0 Å². The number of carbonyl (C=O) groups is 2. The molecular formula is C12H10BrF3N2O3. The van der Waals surface area contributed by atoms with Crippen LogP contribution in [0.15, 0.2) is 22.9 Å². The molecule has 1 aliphatic heterocycles. The topological polar surface area (TPSA) is 70.5 Å². The molecule has 1 aromatic rings. The summed E-state index contributed by atoms with van der Waals surface area (Å²) in [4.78, 5) is 27.8. The number of carboxylic acids is 1. The van der Waals surface area contributed by atoms with Gasteiger partial charge in [0.25, 0.3) is 5.91 Å². The molecule has 0 saturated carbocycles. The highest BCUT2D eigenvalue weighted by molar-refractivity contribution is 9.10. The zero-order chi connectivity index (χ0) is 15.8. The largest absolute Gasteiger partial charge is 0.481 e. The second-order valence-electron chi connectivity index (χ2n) is 4.69.